The zero-order chi connectivity index (χ0) is 21.5. The minimum Gasteiger partial charge on any atom is -0.497 e. The molecule has 160 valence electrons. The smallest absolute Gasteiger partial charge is 0.410 e. The summed E-state index contributed by atoms with van der Waals surface area (Å²) in [5, 5.41) is 0. The van der Waals surface area contributed by atoms with Crippen LogP contribution in [0.5, 0.6) is 5.75 Å². The number of carbonyl (C=O) groups excluding carboxylic acids is 2. The Morgan fingerprint density at radius 1 is 1.10 bits per heavy atom. The fourth-order valence-electron chi connectivity index (χ4n) is 4.18. The molecule has 0 radical (unpaired) electrons. The summed E-state index contributed by atoms with van der Waals surface area (Å²) in [6.07, 6.45) is 2.75. The van der Waals surface area contributed by atoms with Crippen LogP contribution >= 0.6 is 0 Å². The highest BCUT2D eigenvalue weighted by molar-refractivity contribution is 6.00. The number of likely N-dealkylation sites (tertiary alicyclic amines) is 2. The summed E-state index contributed by atoms with van der Waals surface area (Å²) >= 11 is 0. The van der Waals surface area contributed by atoms with Crippen LogP contribution in [0.4, 0.5) is 4.79 Å². The van der Waals surface area contributed by atoms with Crippen molar-refractivity contribution in [3.05, 3.63) is 36.2 Å². The molecule has 2 atom stereocenters. The third-order valence-electron chi connectivity index (χ3n) is 5.55. The number of ether oxygens (including phenoxy) is 2. The molecular formula is C22H27N3O5. The van der Waals surface area contributed by atoms with Gasteiger partial charge in [-0.15, -0.1) is 0 Å². The van der Waals surface area contributed by atoms with E-state index in [0.717, 1.165) is 0 Å². The molecule has 2 aliphatic rings. The maximum Gasteiger partial charge on any atom is 0.410 e. The number of aromatic nitrogens is 1. The standard InChI is InChI=1S/C22H27N3O5/c1-22(2,3)30-21(27)25-12-14-10-24(11-15(14)13-25)20(26)17-6-5-16(28-4)9-18(17)19-23-7-8-29-19/h5-9,14-15H,10-13H2,1-4H3. The molecule has 2 aliphatic heterocycles. The van der Waals surface area contributed by atoms with Crippen molar-refractivity contribution in [2.45, 2.75) is 26.4 Å². The van der Waals surface area contributed by atoms with E-state index >= 15 is 0 Å². The van der Waals surface area contributed by atoms with E-state index in [1.807, 2.05) is 25.7 Å². The minimum atomic E-state index is -0.512. The molecule has 0 N–H and O–H groups in total. The first-order valence-corrected chi connectivity index (χ1v) is 10.1. The number of methoxy groups -OCH3 is 1. The van der Waals surface area contributed by atoms with Gasteiger partial charge < -0.3 is 23.7 Å². The van der Waals surface area contributed by atoms with Gasteiger partial charge in [0.2, 0.25) is 5.89 Å². The van der Waals surface area contributed by atoms with E-state index in [0.29, 0.717) is 48.9 Å². The number of hydrogen-bond donors (Lipinski definition) is 0. The molecule has 1 aromatic heterocycles. The molecule has 1 aromatic carbocycles. The normalized spacial score (nSPS) is 20.9. The molecule has 0 bridgehead atoms. The fourth-order valence-corrected chi connectivity index (χ4v) is 4.18. The van der Waals surface area contributed by atoms with Gasteiger partial charge in [0.05, 0.1) is 24.4 Å². The van der Waals surface area contributed by atoms with Gasteiger partial charge in [-0.3, -0.25) is 4.79 Å². The summed E-state index contributed by atoms with van der Waals surface area (Å²) in [7, 11) is 1.58. The first-order valence-electron chi connectivity index (χ1n) is 10.1. The largest absolute Gasteiger partial charge is 0.497 e. The molecular weight excluding hydrogens is 386 g/mol. The van der Waals surface area contributed by atoms with Crippen LogP contribution in [0.25, 0.3) is 11.5 Å². The Morgan fingerprint density at radius 3 is 2.33 bits per heavy atom. The molecule has 2 amide bonds. The molecule has 0 spiro atoms. The predicted molar refractivity (Wildman–Crippen MR) is 109 cm³/mol. The molecule has 2 unspecified atom stereocenters. The van der Waals surface area contributed by atoms with Crippen LogP contribution in [0.15, 0.2) is 35.1 Å². The van der Waals surface area contributed by atoms with Gasteiger partial charge in [-0.1, -0.05) is 0 Å². The third-order valence-corrected chi connectivity index (χ3v) is 5.55. The second-order valence-electron chi connectivity index (χ2n) is 8.86. The number of amides is 2. The topological polar surface area (TPSA) is 85.1 Å². The van der Waals surface area contributed by atoms with Crippen molar-refractivity contribution in [1.29, 1.82) is 0 Å². The summed E-state index contributed by atoms with van der Waals surface area (Å²) in [5.41, 5.74) is 0.626. The molecule has 30 heavy (non-hydrogen) atoms. The van der Waals surface area contributed by atoms with Crippen LogP contribution in [-0.2, 0) is 4.74 Å². The molecule has 8 nitrogen and oxygen atoms in total. The van der Waals surface area contributed by atoms with Gasteiger partial charge in [0.15, 0.2) is 0 Å². The van der Waals surface area contributed by atoms with Gasteiger partial charge in [0, 0.05) is 38.0 Å². The van der Waals surface area contributed by atoms with Gasteiger partial charge >= 0.3 is 6.09 Å². The molecule has 3 heterocycles. The van der Waals surface area contributed by atoms with Crippen LogP contribution in [0, 0.1) is 11.8 Å². The monoisotopic (exact) mass is 413 g/mol. The van der Waals surface area contributed by atoms with Gasteiger partial charge in [-0.05, 0) is 39.0 Å². The summed E-state index contributed by atoms with van der Waals surface area (Å²) in [6.45, 7) is 8.03. The van der Waals surface area contributed by atoms with E-state index in [9.17, 15) is 9.59 Å². The summed E-state index contributed by atoms with van der Waals surface area (Å²) < 4.78 is 16.2. The highest BCUT2D eigenvalue weighted by Gasteiger charge is 2.44. The van der Waals surface area contributed by atoms with Crippen LogP contribution in [0.2, 0.25) is 0 Å². The quantitative estimate of drug-likeness (QED) is 0.768. The second kappa shape index (κ2) is 7.66. The lowest BCUT2D eigenvalue weighted by atomic mass is 10.0. The highest BCUT2D eigenvalue weighted by atomic mass is 16.6. The number of nitrogens with zero attached hydrogens (tertiary/aromatic N) is 3. The summed E-state index contributed by atoms with van der Waals surface area (Å²) in [5.74, 6) is 1.46. The average Bonchev–Trinajstić information content (AvgIpc) is 3.41. The van der Waals surface area contributed by atoms with E-state index in [1.54, 1.807) is 36.4 Å². The lowest BCUT2D eigenvalue weighted by molar-refractivity contribution is 0.0275. The summed E-state index contributed by atoms with van der Waals surface area (Å²) in [6, 6.07) is 5.28. The Morgan fingerprint density at radius 2 is 1.77 bits per heavy atom. The molecule has 2 saturated heterocycles. The van der Waals surface area contributed by atoms with Gasteiger partial charge in [0.1, 0.15) is 17.6 Å². The summed E-state index contributed by atoms with van der Waals surface area (Å²) in [4.78, 5) is 33.5. The van der Waals surface area contributed by atoms with Crippen LogP contribution in [0.3, 0.4) is 0 Å². The van der Waals surface area contributed by atoms with E-state index in [4.69, 9.17) is 13.9 Å². The van der Waals surface area contributed by atoms with Gasteiger partial charge in [-0.2, -0.15) is 0 Å². The Kier molecular flexibility index (Phi) is 5.17. The molecule has 8 heteroatoms. The Labute approximate surface area is 175 Å². The van der Waals surface area contributed by atoms with Crippen molar-refractivity contribution in [3.63, 3.8) is 0 Å². The molecule has 0 aliphatic carbocycles. The third kappa shape index (κ3) is 3.99. The van der Waals surface area contributed by atoms with Gasteiger partial charge in [0.25, 0.3) is 5.91 Å². The van der Waals surface area contributed by atoms with Crippen LogP contribution < -0.4 is 4.74 Å². The van der Waals surface area contributed by atoms with Crippen molar-refractivity contribution < 1.29 is 23.5 Å². The lowest BCUT2D eigenvalue weighted by Crippen LogP contribution is -2.38. The van der Waals surface area contributed by atoms with Crippen LogP contribution in [0.1, 0.15) is 31.1 Å². The van der Waals surface area contributed by atoms with E-state index in [-0.39, 0.29) is 23.8 Å². The van der Waals surface area contributed by atoms with Crippen molar-refractivity contribution >= 4 is 12.0 Å². The van der Waals surface area contributed by atoms with Crippen molar-refractivity contribution in [3.8, 4) is 17.2 Å². The second-order valence-corrected chi connectivity index (χ2v) is 8.86. The van der Waals surface area contributed by atoms with E-state index < -0.39 is 5.60 Å². The molecule has 4 rings (SSSR count). The molecule has 2 fully saturated rings. The minimum absolute atomic E-state index is 0.0657. The first kappa shape index (κ1) is 20.3. The first-order chi connectivity index (χ1) is 14.2. The number of rotatable bonds is 3. The number of hydrogen-bond acceptors (Lipinski definition) is 6. The maximum atomic E-state index is 13.3. The maximum absolute atomic E-state index is 13.3. The van der Waals surface area contributed by atoms with Crippen molar-refractivity contribution in [2.24, 2.45) is 11.8 Å². The van der Waals surface area contributed by atoms with Crippen molar-refractivity contribution in [1.82, 2.24) is 14.8 Å². The van der Waals surface area contributed by atoms with Crippen LogP contribution in [-0.4, -0.2) is 65.7 Å². The fraction of sp³-hybridized carbons (Fsp3) is 0.500. The predicted octanol–water partition coefficient (Wildman–Crippen LogP) is 3.29. The lowest BCUT2D eigenvalue weighted by Gasteiger charge is -2.26. The number of fused-ring (bicyclic) bond motifs is 1. The number of benzene rings is 1. The average molecular weight is 413 g/mol. The Bertz CT molecular complexity index is 921. The van der Waals surface area contributed by atoms with Crippen molar-refractivity contribution in [2.75, 3.05) is 33.3 Å². The Hall–Kier alpha value is -3.03. The zero-order valence-electron chi connectivity index (χ0n) is 17.8. The molecule has 0 saturated carbocycles. The number of oxazole rings is 1. The van der Waals surface area contributed by atoms with E-state index in [2.05, 4.69) is 4.98 Å². The zero-order valence-corrected chi connectivity index (χ0v) is 17.8. The van der Waals surface area contributed by atoms with Gasteiger partial charge in [-0.25, -0.2) is 9.78 Å². The highest BCUT2D eigenvalue weighted by Crippen LogP contribution is 2.34. The Balaban J connectivity index is 1.47. The SMILES string of the molecule is COc1ccc(C(=O)N2CC3CN(C(=O)OC(C)(C)C)CC3C2)c(-c2ncco2)c1. The molecule has 2 aromatic rings. The number of carbonyl (C=O) groups is 2. The van der Waals surface area contributed by atoms with E-state index in [1.165, 1.54) is 6.26 Å².